The number of imidazole rings is 1. The fourth-order valence-corrected chi connectivity index (χ4v) is 1.49. The van der Waals surface area contributed by atoms with E-state index >= 15 is 0 Å². The number of aliphatic carboxylic acids is 1. The molecule has 0 amide bonds. The van der Waals surface area contributed by atoms with Gasteiger partial charge in [0, 0.05) is 6.20 Å². The van der Waals surface area contributed by atoms with Crippen molar-refractivity contribution in [2.24, 2.45) is 5.73 Å². The van der Waals surface area contributed by atoms with Crippen molar-refractivity contribution in [1.82, 2.24) is 9.38 Å². The molecule has 0 bridgehead atoms. The Morgan fingerprint density at radius 2 is 2.40 bits per heavy atom. The molecule has 15 heavy (non-hydrogen) atoms. The van der Waals surface area contributed by atoms with Gasteiger partial charge in [0.25, 0.3) is 0 Å². The van der Waals surface area contributed by atoms with Crippen LogP contribution in [0.2, 0.25) is 5.15 Å². The summed E-state index contributed by atoms with van der Waals surface area (Å²) in [6.07, 6.45) is 3.13. The lowest BCUT2D eigenvalue weighted by Gasteiger charge is -2.06. The van der Waals surface area contributed by atoms with E-state index in [1.165, 1.54) is 6.20 Å². The fourth-order valence-electron chi connectivity index (χ4n) is 1.30. The van der Waals surface area contributed by atoms with Crippen LogP contribution < -0.4 is 5.73 Å². The molecule has 0 spiro atoms. The molecular formula is C9H8ClN3O2. The van der Waals surface area contributed by atoms with E-state index in [2.05, 4.69) is 4.98 Å². The molecule has 0 radical (unpaired) electrons. The second-order valence-electron chi connectivity index (χ2n) is 3.09. The molecule has 2 rings (SSSR count). The summed E-state index contributed by atoms with van der Waals surface area (Å²) in [5.41, 5.74) is 6.54. The lowest BCUT2D eigenvalue weighted by atomic mass is 10.1. The van der Waals surface area contributed by atoms with Crippen LogP contribution >= 0.6 is 11.6 Å². The fraction of sp³-hybridized carbons (Fsp3) is 0.111. The molecule has 1 unspecified atom stereocenters. The first kappa shape index (κ1) is 9.95. The topological polar surface area (TPSA) is 80.6 Å². The van der Waals surface area contributed by atoms with E-state index in [4.69, 9.17) is 22.4 Å². The Labute approximate surface area is 90.1 Å². The molecular weight excluding hydrogens is 218 g/mol. The maximum absolute atomic E-state index is 10.7. The van der Waals surface area contributed by atoms with Gasteiger partial charge in [-0.3, -0.25) is 9.20 Å². The summed E-state index contributed by atoms with van der Waals surface area (Å²) in [5.74, 6) is -1.07. The SMILES string of the molecule is NC(C(=O)O)c1ccn2c(Cl)cnc2c1. The minimum Gasteiger partial charge on any atom is -0.480 e. The van der Waals surface area contributed by atoms with Crippen LogP contribution in [0.3, 0.4) is 0 Å². The van der Waals surface area contributed by atoms with Gasteiger partial charge < -0.3 is 10.8 Å². The Bertz CT molecular complexity index is 523. The normalized spacial score (nSPS) is 12.9. The highest BCUT2D eigenvalue weighted by atomic mass is 35.5. The van der Waals surface area contributed by atoms with Gasteiger partial charge in [0.2, 0.25) is 0 Å². The molecule has 0 saturated heterocycles. The zero-order valence-corrected chi connectivity index (χ0v) is 8.35. The summed E-state index contributed by atoms with van der Waals surface area (Å²) < 4.78 is 1.64. The van der Waals surface area contributed by atoms with Crippen molar-refractivity contribution in [2.45, 2.75) is 6.04 Å². The monoisotopic (exact) mass is 225 g/mol. The van der Waals surface area contributed by atoms with Crippen LogP contribution in [-0.2, 0) is 4.79 Å². The van der Waals surface area contributed by atoms with Crippen molar-refractivity contribution < 1.29 is 9.90 Å². The lowest BCUT2D eigenvalue weighted by molar-refractivity contribution is -0.138. The average molecular weight is 226 g/mol. The molecule has 2 heterocycles. The van der Waals surface area contributed by atoms with E-state index in [0.29, 0.717) is 16.4 Å². The number of carbonyl (C=O) groups is 1. The molecule has 2 aromatic heterocycles. The third-order valence-electron chi connectivity index (χ3n) is 2.12. The number of nitrogens with zero attached hydrogens (tertiary/aromatic N) is 2. The zero-order valence-electron chi connectivity index (χ0n) is 7.59. The van der Waals surface area contributed by atoms with Gasteiger partial charge in [-0.15, -0.1) is 0 Å². The highest BCUT2D eigenvalue weighted by molar-refractivity contribution is 6.29. The van der Waals surface area contributed by atoms with Gasteiger partial charge in [0.05, 0.1) is 6.20 Å². The molecule has 3 N–H and O–H groups in total. The molecule has 0 aliphatic carbocycles. The predicted molar refractivity (Wildman–Crippen MR) is 54.8 cm³/mol. The molecule has 0 saturated carbocycles. The van der Waals surface area contributed by atoms with Crippen molar-refractivity contribution in [1.29, 1.82) is 0 Å². The second-order valence-corrected chi connectivity index (χ2v) is 3.47. The van der Waals surface area contributed by atoms with Crippen molar-refractivity contribution in [3.63, 3.8) is 0 Å². The molecule has 2 aromatic rings. The smallest absolute Gasteiger partial charge is 0.325 e. The third kappa shape index (κ3) is 1.67. The van der Waals surface area contributed by atoms with Crippen LogP contribution in [0.1, 0.15) is 11.6 Å². The largest absolute Gasteiger partial charge is 0.480 e. The number of nitrogens with two attached hydrogens (primary N) is 1. The van der Waals surface area contributed by atoms with Crippen molar-refractivity contribution in [3.05, 3.63) is 35.2 Å². The van der Waals surface area contributed by atoms with Gasteiger partial charge in [-0.05, 0) is 17.7 Å². The minimum absolute atomic E-state index is 0.473. The number of pyridine rings is 1. The zero-order chi connectivity index (χ0) is 11.0. The number of carboxylic acid groups (broad SMARTS) is 1. The molecule has 0 aliphatic rings. The predicted octanol–water partition coefficient (Wildman–Crippen LogP) is 1.07. The number of carboxylic acids is 1. The quantitative estimate of drug-likeness (QED) is 0.801. The molecule has 6 heteroatoms. The number of hydrogen-bond donors (Lipinski definition) is 2. The average Bonchev–Trinajstić information content (AvgIpc) is 2.59. The van der Waals surface area contributed by atoms with Crippen LogP contribution in [0, 0.1) is 0 Å². The first-order chi connectivity index (χ1) is 7.09. The van der Waals surface area contributed by atoms with Crippen molar-refractivity contribution in [2.75, 3.05) is 0 Å². The maximum atomic E-state index is 10.7. The van der Waals surface area contributed by atoms with E-state index in [-0.39, 0.29) is 0 Å². The van der Waals surface area contributed by atoms with Crippen LogP contribution in [-0.4, -0.2) is 20.5 Å². The first-order valence-electron chi connectivity index (χ1n) is 4.20. The van der Waals surface area contributed by atoms with Gasteiger partial charge in [-0.25, -0.2) is 4.98 Å². The van der Waals surface area contributed by atoms with Crippen LogP contribution in [0.4, 0.5) is 0 Å². The first-order valence-corrected chi connectivity index (χ1v) is 4.58. The molecule has 1 atom stereocenters. The summed E-state index contributed by atoms with van der Waals surface area (Å²) in [7, 11) is 0. The Hall–Kier alpha value is -1.59. The summed E-state index contributed by atoms with van der Waals surface area (Å²) >= 11 is 5.82. The molecule has 5 nitrogen and oxygen atoms in total. The summed E-state index contributed by atoms with van der Waals surface area (Å²) in [6.45, 7) is 0. The standard InChI is InChI=1S/C9H8ClN3O2/c10-6-4-12-7-3-5(1-2-13(6)7)8(11)9(14)15/h1-4,8H,11H2,(H,14,15). The maximum Gasteiger partial charge on any atom is 0.325 e. The van der Waals surface area contributed by atoms with Crippen molar-refractivity contribution >= 4 is 23.2 Å². The van der Waals surface area contributed by atoms with E-state index in [1.54, 1.807) is 22.7 Å². The second kappa shape index (κ2) is 3.52. The minimum atomic E-state index is -1.07. The van der Waals surface area contributed by atoms with Crippen LogP contribution in [0.5, 0.6) is 0 Å². The van der Waals surface area contributed by atoms with Crippen LogP contribution in [0.15, 0.2) is 24.5 Å². The van der Waals surface area contributed by atoms with E-state index < -0.39 is 12.0 Å². The van der Waals surface area contributed by atoms with Gasteiger partial charge in [0.1, 0.15) is 16.8 Å². The summed E-state index contributed by atoms with van der Waals surface area (Å²) in [6, 6.07) is 2.18. The summed E-state index contributed by atoms with van der Waals surface area (Å²) in [4.78, 5) is 14.7. The van der Waals surface area contributed by atoms with Gasteiger partial charge in [0.15, 0.2) is 0 Å². The van der Waals surface area contributed by atoms with Gasteiger partial charge in [-0.1, -0.05) is 11.6 Å². The van der Waals surface area contributed by atoms with E-state index in [0.717, 1.165) is 0 Å². The Morgan fingerprint density at radius 1 is 1.67 bits per heavy atom. The number of aromatic nitrogens is 2. The van der Waals surface area contributed by atoms with Crippen LogP contribution in [0.25, 0.3) is 5.65 Å². The number of hydrogen-bond acceptors (Lipinski definition) is 3. The van der Waals surface area contributed by atoms with E-state index in [9.17, 15) is 4.79 Å². The molecule has 78 valence electrons. The highest BCUT2D eigenvalue weighted by Crippen LogP contribution is 2.16. The van der Waals surface area contributed by atoms with Gasteiger partial charge in [-0.2, -0.15) is 0 Å². The van der Waals surface area contributed by atoms with Crippen molar-refractivity contribution in [3.8, 4) is 0 Å². The Kier molecular flexibility index (Phi) is 2.34. The number of halogens is 1. The number of rotatable bonds is 2. The van der Waals surface area contributed by atoms with Gasteiger partial charge >= 0.3 is 5.97 Å². The molecule has 0 aliphatic heterocycles. The molecule has 0 fully saturated rings. The highest BCUT2D eigenvalue weighted by Gasteiger charge is 2.15. The Balaban J connectivity index is 2.52. The number of fused-ring (bicyclic) bond motifs is 1. The summed E-state index contributed by atoms with van der Waals surface area (Å²) in [5, 5.41) is 9.21. The third-order valence-corrected chi connectivity index (χ3v) is 2.40. The molecule has 0 aromatic carbocycles. The van der Waals surface area contributed by atoms with E-state index in [1.807, 2.05) is 0 Å². The lowest BCUT2D eigenvalue weighted by Crippen LogP contribution is -2.20. The Morgan fingerprint density at radius 3 is 3.07 bits per heavy atom.